The number of aromatic carboxylic acids is 1. The lowest BCUT2D eigenvalue weighted by atomic mass is 10.0. The normalized spacial score (nSPS) is 10.2. The Morgan fingerprint density at radius 2 is 2.12 bits per heavy atom. The molecule has 0 unspecified atom stereocenters. The van der Waals surface area contributed by atoms with Crippen LogP contribution in [0.5, 0.6) is 0 Å². The summed E-state index contributed by atoms with van der Waals surface area (Å²) in [6.45, 7) is 1.90. The van der Waals surface area contributed by atoms with E-state index in [4.69, 9.17) is 5.11 Å². The average Bonchev–Trinajstić information content (AvgIpc) is 2.29. The van der Waals surface area contributed by atoms with Gasteiger partial charge in [-0.2, -0.15) is 0 Å². The first kappa shape index (κ1) is 11.3. The van der Waals surface area contributed by atoms with Gasteiger partial charge in [-0.25, -0.2) is 4.79 Å². The standard InChI is InChI=1S/C14H13NO2/c1-10-5-12(8-13(6-10)14(16)17)7-11-3-2-4-15-9-11/h2-6,8-9H,7H2,1H3,(H,16,17). The maximum atomic E-state index is 10.9. The van der Waals surface area contributed by atoms with E-state index in [1.807, 2.05) is 25.1 Å². The number of pyridine rings is 1. The molecule has 0 aliphatic heterocycles. The van der Waals surface area contributed by atoms with E-state index in [2.05, 4.69) is 4.98 Å². The summed E-state index contributed by atoms with van der Waals surface area (Å²) in [5, 5.41) is 8.99. The number of carbonyl (C=O) groups is 1. The zero-order valence-electron chi connectivity index (χ0n) is 9.55. The van der Waals surface area contributed by atoms with Crippen molar-refractivity contribution in [1.82, 2.24) is 4.98 Å². The second-order valence-corrected chi connectivity index (χ2v) is 4.05. The molecule has 0 saturated heterocycles. The summed E-state index contributed by atoms with van der Waals surface area (Å²) >= 11 is 0. The van der Waals surface area contributed by atoms with Gasteiger partial charge >= 0.3 is 5.97 Å². The predicted molar refractivity (Wildman–Crippen MR) is 65.2 cm³/mol. The van der Waals surface area contributed by atoms with E-state index >= 15 is 0 Å². The van der Waals surface area contributed by atoms with Crippen LogP contribution in [0.3, 0.4) is 0 Å². The topological polar surface area (TPSA) is 50.2 Å². The second-order valence-electron chi connectivity index (χ2n) is 4.05. The summed E-state index contributed by atoms with van der Waals surface area (Å²) in [6.07, 6.45) is 4.22. The number of nitrogens with zero attached hydrogens (tertiary/aromatic N) is 1. The van der Waals surface area contributed by atoms with Crippen LogP contribution in [-0.2, 0) is 6.42 Å². The van der Waals surface area contributed by atoms with Crippen molar-refractivity contribution in [2.45, 2.75) is 13.3 Å². The van der Waals surface area contributed by atoms with Crippen LogP contribution in [0.2, 0.25) is 0 Å². The van der Waals surface area contributed by atoms with Gasteiger partial charge in [0.25, 0.3) is 0 Å². The molecule has 1 aromatic heterocycles. The van der Waals surface area contributed by atoms with Crippen LogP contribution in [0.25, 0.3) is 0 Å². The monoisotopic (exact) mass is 227 g/mol. The van der Waals surface area contributed by atoms with Crippen molar-refractivity contribution >= 4 is 5.97 Å². The van der Waals surface area contributed by atoms with Crippen molar-refractivity contribution in [3.05, 3.63) is 65.0 Å². The van der Waals surface area contributed by atoms with Crippen molar-refractivity contribution in [2.24, 2.45) is 0 Å². The molecule has 0 saturated carbocycles. The first-order valence-electron chi connectivity index (χ1n) is 5.38. The van der Waals surface area contributed by atoms with Gasteiger partial charge in [-0.05, 0) is 48.2 Å². The largest absolute Gasteiger partial charge is 0.478 e. The molecule has 2 rings (SSSR count). The molecule has 1 aromatic carbocycles. The van der Waals surface area contributed by atoms with Crippen molar-refractivity contribution in [1.29, 1.82) is 0 Å². The molecule has 17 heavy (non-hydrogen) atoms. The number of aryl methyl sites for hydroxylation is 1. The summed E-state index contributed by atoms with van der Waals surface area (Å²) in [7, 11) is 0. The van der Waals surface area contributed by atoms with Crippen LogP contribution < -0.4 is 0 Å². The molecule has 1 N–H and O–H groups in total. The minimum Gasteiger partial charge on any atom is -0.478 e. The smallest absolute Gasteiger partial charge is 0.335 e. The van der Waals surface area contributed by atoms with Crippen LogP contribution >= 0.6 is 0 Å². The lowest BCUT2D eigenvalue weighted by molar-refractivity contribution is 0.0696. The van der Waals surface area contributed by atoms with Crippen LogP contribution in [0.15, 0.2) is 42.7 Å². The number of carboxylic acid groups (broad SMARTS) is 1. The van der Waals surface area contributed by atoms with E-state index in [-0.39, 0.29) is 0 Å². The highest BCUT2D eigenvalue weighted by Gasteiger charge is 2.05. The van der Waals surface area contributed by atoms with Gasteiger partial charge in [-0.3, -0.25) is 4.98 Å². The summed E-state index contributed by atoms with van der Waals surface area (Å²) in [5.74, 6) is -0.888. The fourth-order valence-electron chi connectivity index (χ4n) is 1.83. The lowest BCUT2D eigenvalue weighted by Gasteiger charge is -2.05. The Morgan fingerprint density at radius 1 is 1.29 bits per heavy atom. The molecule has 1 heterocycles. The fraction of sp³-hybridized carbons (Fsp3) is 0.143. The van der Waals surface area contributed by atoms with Crippen LogP contribution in [0.1, 0.15) is 27.0 Å². The number of rotatable bonds is 3. The molecular formula is C14H13NO2. The van der Waals surface area contributed by atoms with Crippen LogP contribution in [-0.4, -0.2) is 16.1 Å². The molecule has 3 nitrogen and oxygen atoms in total. The van der Waals surface area contributed by atoms with Crippen molar-refractivity contribution in [3.8, 4) is 0 Å². The third-order valence-corrected chi connectivity index (χ3v) is 2.52. The van der Waals surface area contributed by atoms with Gasteiger partial charge in [-0.1, -0.05) is 12.1 Å². The molecule has 0 aliphatic carbocycles. The number of benzene rings is 1. The Bertz CT molecular complexity index is 535. The van der Waals surface area contributed by atoms with Gasteiger partial charge < -0.3 is 5.11 Å². The van der Waals surface area contributed by atoms with Crippen LogP contribution in [0.4, 0.5) is 0 Å². The van der Waals surface area contributed by atoms with E-state index < -0.39 is 5.97 Å². The summed E-state index contributed by atoms with van der Waals surface area (Å²) in [4.78, 5) is 15.0. The average molecular weight is 227 g/mol. The zero-order valence-corrected chi connectivity index (χ0v) is 9.55. The van der Waals surface area contributed by atoms with Gasteiger partial charge in [-0.15, -0.1) is 0 Å². The van der Waals surface area contributed by atoms with Gasteiger partial charge in [0.05, 0.1) is 5.56 Å². The first-order chi connectivity index (χ1) is 8.15. The predicted octanol–water partition coefficient (Wildman–Crippen LogP) is 2.68. The maximum Gasteiger partial charge on any atom is 0.335 e. The summed E-state index contributed by atoms with van der Waals surface area (Å²) in [6, 6.07) is 9.25. The molecule has 0 radical (unpaired) electrons. The molecular weight excluding hydrogens is 214 g/mol. The van der Waals surface area contributed by atoms with Gasteiger partial charge in [0.1, 0.15) is 0 Å². The van der Waals surface area contributed by atoms with E-state index in [1.165, 1.54) is 0 Å². The number of carboxylic acids is 1. The fourth-order valence-corrected chi connectivity index (χ4v) is 1.83. The molecule has 2 aromatic rings. The molecule has 0 atom stereocenters. The van der Waals surface area contributed by atoms with Crippen LogP contribution in [0, 0.1) is 6.92 Å². The molecule has 0 bridgehead atoms. The van der Waals surface area contributed by atoms with Gasteiger partial charge in [0, 0.05) is 12.4 Å². The maximum absolute atomic E-state index is 10.9. The first-order valence-corrected chi connectivity index (χ1v) is 5.38. The number of aromatic nitrogens is 1. The van der Waals surface area contributed by atoms with E-state index in [1.54, 1.807) is 24.5 Å². The zero-order chi connectivity index (χ0) is 12.3. The minimum absolute atomic E-state index is 0.337. The Kier molecular flexibility index (Phi) is 3.19. The van der Waals surface area contributed by atoms with E-state index in [0.717, 1.165) is 16.7 Å². The Labute approximate surface area is 99.8 Å². The second kappa shape index (κ2) is 4.78. The van der Waals surface area contributed by atoms with E-state index in [0.29, 0.717) is 12.0 Å². The molecule has 3 heteroatoms. The Morgan fingerprint density at radius 3 is 2.76 bits per heavy atom. The Hall–Kier alpha value is -2.16. The molecule has 86 valence electrons. The van der Waals surface area contributed by atoms with E-state index in [9.17, 15) is 4.79 Å². The number of hydrogen-bond donors (Lipinski definition) is 1. The Balaban J connectivity index is 2.30. The number of hydrogen-bond acceptors (Lipinski definition) is 2. The minimum atomic E-state index is -0.888. The quantitative estimate of drug-likeness (QED) is 0.877. The SMILES string of the molecule is Cc1cc(Cc2cccnc2)cc(C(=O)O)c1. The highest BCUT2D eigenvalue weighted by atomic mass is 16.4. The van der Waals surface area contributed by atoms with Crippen molar-refractivity contribution in [2.75, 3.05) is 0 Å². The van der Waals surface area contributed by atoms with Gasteiger partial charge in [0.15, 0.2) is 0 Å². The molecule has 0 spiro atoms. The third kappa shape index (κ3) is 2.91. The molecule has 0 aliphatic rings. The molecule has 0 fully saturated rings. The summed E-state index contributed by atoms with van der Waals surface area (Å²) < 4.78 is 0. The highest BCUT2D eigenvalue weighted by molar-refractivity contribution is 5.88. The summed E-state index contributed by atoms with van der Waals surface area (Å²) in [5.41, 5.74) is 3.37. The van der Waals surface area contributed by atoms with Crippen molar-refractivity contribution in [3.63, 3.8) is 0 Å². The van der Waals surface area contributed by atoms with Crippen molar-refractivity contribution < 1.29 is 9.90 Å². The van der Waals surface area contributed by atoms with Gasteiger partial charge in [0.2, 0.25) is 0 Å². The highest BCUT2D eigenvalue weighted by Crippen LogP contribution is 2.13. The molecule has 0 amide bonds. The third-order valence-electron chi connectivity index (χ3n) is 2.52. The lowest BCUT2D eigenvalue weighted by Crippen LogP contribution is -1.99.